The molecule has 0 saturated carbocycles. The fourth-order valence-corrected chi connectivity index (χ4v) is 4.20. The van der Waals surface area contributed by atoms with Crippen molar-refractivity contribution >= 4 is 38.7 Å². The van der Waals surface area contributed by atoms with E-state index in [-0.39, 0.29) is 6.04 Å². The summed E-state index contributed by atoms with van der Waals surface area (Å²) in [7, 11) is 3.99. The van der Waals surface area contributed by atoms with Gasteiger partial charge in [0.25, 0.3) is 5.91 Å². The summed E-state index contributed by atoms with van der Waals surface area (Å²) in [6.07, 6.45) is 1.93. The molecule has 2 aromatic rings. The van der Waals surface area contributed by atoms with E-state index in [9.17, 15) is 4.79 Å². The lowest BCUT2D eigenvalue weighted by Gasteiger charge is -2.32. The maximum atomic E-state index is 11.7. The maximum absolute atomic E-state index is 11.7. The van der Waals surface area contributed by atoms with Crippen LogP contribution in [0.1, 0.15) is 22.5 Å². The normalized spacial score (nSPS) is 15.8. The third-order valence-corrected chi connectivity index (χ3v) is 5.87. The predicted octanol–water partition coefficient (Wildman–Crippen LogP) is 1.45. The van der Waals surface area contributed by atoms with Crippen molar-refractivity contribution in [1.29, 1.82) is 0 Å². The number of benzene rings is 1. The minimum atomic E-state index is -0.506. The van der Waals surface area contributed by atoms with E-state index in [0.29, 0.717) is 22.9 Å². The van der Waals surface area contributed by atoms with Gasteiger partial charge in [0.05, 0.1) is 11.1 Å². The fourth-order valence-electron chi connectivity index (χ4n) is 3.18. The minimum absolute atomic E-state index is 0.268. The van der Waals surface area contributed by atoms with Crippen LogP contribution in [0.4, 0.5) is 11.4 Å². The Labute approximate surface area is 157 Å². The molecule has 0 spiro atoms. The predicted molar refractivity (Wildman–Crippen MR) is 108 cm³/mol. The van der Waals surface area contributed by atoms with Crippen LogP contribution in [0.5, 0.6) is 5.75 Å². The van der Waals surface area contributed by atoms with Crippen LogP contribution >= 0.6 is 11.3 Å². The van der Waals surface area contributed by atoms with Crippen LogP contribution in [-0.4, -0.2) is 57.2 Å². The zero-order valence-electron chi connectivity index (χ0n) is 15.3. The highest BCUT2D eigenvalue weighted by atomic mass is 32.1. The zero-order chi connectivity index (χ0) is 18.8. The average Bonchev–Trinajstić information content (AvgIpc) is 2.92. The Morgan fingerprint density at radius 3 is 2.65 bits per heavy atom. The largest absolute Gasteiger partial charge is 0.491 e. The van der Waals surface area contributed by atoms with Crippen molar-refractivity contribution in [1.82, 2.24) is 4.90 Å². The van der Waals surface area contributed by atoms with Gasteiger partial charge < -0.3 is 31.7 Å². The minimum Gasteiger partial charge on any atom is -0.491 e. The summed E-state index contributed by atoms with van der Waals surface area (Å²) in [4.78, 5) is 16.5. The van der Waals surface area contributed by atoms with Gasteiger partial charge in [-0.3, -0.25) is 4.79 Å². The number of carbonyl (C=O) groups excluding carboxylic acids is 1. The molecule has 0 radical (unpaired) electrons. The van der Waals surface area contributed by atoms with Crippen molar-refractivity contribution in [3.8, 4) is 5.75 Å². The number of fused-ring (bicyclic) bond motifs is 1. The first-order chi connectivity index (χ1) is 12.4. The molecule has 0 atom stereocenters. The van der Waals surface area contributed by atoms with E-state index in [0.717, 1.165) is 48.2 Å². The van der Waals surface area contributed by atoms with Crippen LogP contribution < -0.4 is 26.8 Å². The molecule has 0 aliphatic carbocycles. The summed E-state index contributed by atoms with van der Waals surface area (Å²) < 4.78 is 6.96. The molecule has 1 fully saturated rings. The Kier molecular flexibility index (Phi) is 5.55. The second-order valence-electron chi connectivity index (χ2n) is 7.00. The van der Waals surface area contributed by atoms with Gasteiger partial charge in [-0.15, -0.1) is 11.3 Å². The van der Waals surface area contributed by atoms with Crippen LogP contribution in [0.3, 0.4) is 0 Å². The zero-order valence-corrected chi connectivity index (χ0v) is 16.1. The van der Waals surface area contributed by atoms with Crippen molar-refractivity contribution in [2.45, 2.75) is 18.9 Å². The van der Waals surface area contributed by atoms with Gasteiger partial charge in [-0.25, -0.2) is 0 Å². The van der Waals surface area contributed by atoms with Gasteiger partial charge in [-0.1, -0.05) is 0 Å². The quantitative estimate of drug-likeness (QED) is 0.703. The molecule has 1 aromatic carbocycles. The van der Waals surface area contributed by atoms with E-state index in [1.165, 1.54) is 11.3 Å². The first kappa shape index (κ1) is 18.8. The summed E-state index contributed by atoms with van der Waals surface area (Å²) in [6.45, 7) is 3.15. The number of nitrogens with zero attached hydrogens (tertiary/aromatic N) is 2. The van der Waals surface area contributed by atoms with Crippen molar-refractivity contribution in [2.24, 2.45) is 11.5 Å². The third-order valence-electron chi connectivity index (χ3n) is 4.70. The van der Waals surface area contributed by atoms with E-state index >= 15 is 0 Å². The van der Waals surface area contributed by atoms with Crippen molar-refractivity contribution < 1.29 is 9.53 Å². The summed E-state index contributed by atoms with van der Waals surface area (Å²) in [5.41, 5.74) is 19.2. The van der Waals surface area contributed by atoms with Crippen molar-refractivity contribution in [3.05, 3.63) is 17.0 Å². The third kappa shape index (κ3) is 3.87. The summed E-state index contributed by atoms with van der Waals surface area (Å²) in [5.74, 6) is 0.198. The molecule has 1 aromatic heterocycles. The highest BCUT2D eigenvalue weighted by Crippen LogP contribution is 2.42. The maximum Gasteiger partial charge on any atom is 0.260 e. The second-order valence-corrected chi connectivity index (χ2v) is 8.05. The van der Waals surface area contributed by atoms with Gasteiger partial charge in [0.15, 0.2) is 0 Å². The van der Waals surface area contributed by atoms with E-state index in [1.54, 1.807) is 0 Å². The van der Waals surface area contributed by atoms with E-state index < -0.39 is 5.91 Å². The fraction of sp³-hybridized carbons (Fsp3) is 0.500. The van der Waals surface area contributed by atoms with E-state index in [1.807, 2.05) is 20.2 Å². The van der Waals surface area contributed by atoms with Crippen molar-refractivity contribution in [3.63, 3.8) is 0 Å². The molecule has 3 rings (SSSR count). The molecular weight excluding hydrogens is 350 g/mol. The number of thiophene rings is 1. The Bertz CT molecular complexity index is 796. The van der Waals surface area contributed by atoms with Crippen LogP contribution in [-0.2, 0) is 0 Å². The molecule has 6 N–H and O–H groups in total. The lowest BCUT2D eigenvalue weighted by atomic mass is 10.0. The number of ether oxygens (including phenoxy) is 1. The molecule has 0 bridgehead atoms. The Morgan fingerprint density at radius 2 is 2.04 bits per heavy atom. The van der Waals surface area contributed by atoms with Crippen LogP contribution in [0.2, 0.25) is 0 Å². The number of likely N-dealkylation sites (N-methyl/N-ethyl adjacent to an activating group) is 1. The number of rotatable bonds is 6. The smallest absolute Gasteiger partial charge is 0.260 e. The number of amides is 1. The number of primary amides is 1. The number of hydrogen-bond donors (Lipinski definition) is 3. The van der Waals surface area contributed by atoms with Crippen LogP contribution in [0.15, 0.2) is 12.1 Å². The Balaban J connectivity index is 2.00. The standard InChI is InChI=1S/C18H27N5O2S/c1-22(2)7-8-25-13-9-12(23-5-3-11(19)4-6-23)10-14-15(13)16(20)17(26-14)18(21)24/h9-11H,3-8,19-20H2,1-2H3,(H2,21,24). The number of hydrogen-bond acceptors (Lipinski definition) is 7. The molecule has 26 heavy (non-hydrogen) atoms. The highest BCUT2D eigenvalue weighted by molar-refractivity contribution is 7.21. The monoisotopic (exact) mass is 377 g/mol. The molecule has 8 heteroatoms. The second kappa shape index (κ2) is 7.69. The number of anilines is 2. The van der Waals surface area contributed by atoms with Gasteiger partial charge in [-0.2, -0.15) is 0 Å². The highest BCUT2D eigenvalue weighted by Gasteiger charge is 2.22. The lowest BCUT2D eigenvalue weighted by molar-refractivity contribution is 0.100. The topological polar surface area (TPSA) is 111 Å². The SMILES string of the molecule is CN(C)CCOc1cc(N2CCC(N)CC2)cc2sc(C(N)=O)c(N)c12. The summed E-state index contributed by atoms with van der Waals surface area (Å²) in [5, 5.41) is 0.778. The van der Waals surface area contributed by atoms with Gasteiger partial charge >= 0.3 is 0 Å². The molecule has 1 aliphatic rings. The molecule has 7 nitrogen and oxygen atoms in total. The molecule has 142 valence electrons. The number of carbonyl (C=O) groups is 1. The van der Waals surface area contributed by atoms with Crippen LogP contribution in [0.25, 0.3) is 10.1 Å². The first-order valence-electron chi connectivity index (χ1n) is 8.80. The van der Waals surface area contributed by atoms with E-state index in [2.05, 4.69) is 15.9 Å². The summed E-state index contributed by atoms with van der Waals surface area (Å²) in [6, 6.07) is 4.35. The molecule has 2 heterocycles. The van der Waals surface area contributed by atoms with Gasteiger partial charge in [0.1, 0.15) is 17.2 Å². The number of piperidine rings is 1. The molecule has 0 unspecified atom stereocenters. The van der Waals surface area contributed by atoms with E-state index in [4.69, 9.17) is 21.9 Å². The van der Waals surface area contributed by atoms with Crippen LogP contribution in [0, 0.1) is 0 Å². The number of nitrogen functional groups attached to an aromatic ring is 1. The number of nitrogens with two attached hydrogens (primary N) is 3. The Hall–Kier alpha value is -2.03. The van der Waals surface area contributed by atoms with Gasteiger partial charge in [0, 0.05) is 42.1 Å². The van der Waals surface area contributed by atoms with Crippen molar-refractivity contribution in [2.75, 3.05) is 51.0 Å². The molecular formula is C18H27N5O2S. The van der Waals surface area contributed by atoms with Gasteiger partial charge in [0.2, 0.25) is 0 Å². The molecule has 1 amide bonds. The first-order valence-corrected chi connectivity index (χ1v) is 9.62. The average molecular weight is 378 g/mol. The summed E-state index contributed by atoms with van der Waals surface area (Å²) >= 11 is 1.32. The molecule has 1 saturated heterocycles. The lowest BCUT2D eigenvalue weighted by Crippen LogP contribution is -2.39. The van der Waals surface area contributed by atoms with Gasteiger partial charge in [-0.05, 0) is 33.0 Å². The molecule has 1 aliphatic heterocycles. The Morgan fingerprint density at radius 1 is 1.35 bits per heavy atom.